The lowest BCUT2D eigenvalue weighted by molar-refractivity contribution is -0.104. The zero-order valence-corrected chi connectivity index (χ0v) is 7.98. The predicted molar refractivity (Wildman–Crippen MR) is 45.4 cm³/mol. The minimum Gasteiger partial charge on any atom is -0.300 e. The summed E-state index contributed by atoms with van der Waals surface area (Å²) < 4.78 is 26.0. The van der Waals surface area contributed by atoms with E-state index in [4.69, 9.17) is 0 Å². The highest BCUT2D eigenvalue weighted by Gasteiger charge is 2.41. The molecule has 0 aliphatic carbocycles. The van der Waals surface area contributed by atoms with Crippen molar-refractivity contribution in [3.05, 3.63) is 0 Å². The van der Waals surface area contributed by atoms with E-state index >= 15 is 0 Å². The Kier molecular flexibility index (Phi) is 2.71. The average Bonchev–Trinajstić information content (AvgIpc) is 1.94. The maximum absolute atomic E-state index is 13.0. The fourth-order valence-corrected chi connectivity index (χ4v) is 1.58. The first-order valence-electron chi connectivity index (χ1n) is 4.55. The van der Waals surface area contributed by atoms with Crippen molar-refractivity contribution >= 4 is 0 Å². The molecule has 1 aliphatic heterocycles. The Morgan fingerprint density at radius 3 is 2.42 bits per heavy atom. The lowest BCUT2D eigenvalue weighted by Crippen LogP contribution is -2.48. The molecule has 0 saturated carbocycles. The second-order valence-corrected chi connectivity index (χ2v) is 4.00. The molecule has 1 saturated heterocycles. The Labute approximate surface area is 72.7 Å². The normalized spacial score (nSPS) is 31.0. The Balaban J connectivity index is 2.52. The maximum Gasteiger partial charge on any atom is 0.253 e. The predicted octanol–water partition coefficient (Wildman–Crippen LogP) is 2.37. The summed E-state index contributed by atoms with van der Waals surface area (Å²) in [5.41, 5.74) is 0. The number of hydrogen-bond donors (Lipinski definition) is 0. The summed E-state index contributed by atoms with van der Waals surface area (Å²) in [5.74, 6) is -2.93. The molecule has 0 aromatic heterocycles. The Morgan fingerprint density at radius 2 is 2.00 bits per heavy atom. The zero-order chi connectivity index (χ0) is 9.35. The van der Waals surface area contributed by atoms with Gasteiger partial charge in [-0.3, -0.25) is 0 Å². The second kappa shape index (κ2) is 3.29. The summed E-state index contributed by atoms with van der Waals surface area (Å²) in [4.78, 5) is 2.11. The molecule has 0 unspecified atom stereocenters. The molecule has 0 amide bonds. The van der Waals surface area contributed by atoms with Crippen LogP contribution < -0.4 is 0 Å². The SMILES string of the molecule is CC(C)N1CCC(F)(F)[C@@H](C)C1. The fraction of sp³-hybridized carbons (Fsp3) is 1.00. The van der Waals surface area contributed by atoms with E-state index in [0.717, 1.165) is 0 Å². The van der Waals surface area contributed by atoms with E-state index < -0.39 is 11.8 Å². The van der Waals surface area contributed by atoms with Crippen LogP contribution in [0.3, 0.4) is 0 Å². The van der Waals surface area contributed by atoms with E-state index in [0.29, 0.717) is 19.1 Å². The van der Waals surface area contributed by atoms with E-state index in [9.17, 15) is 8.78 Å². The third kappa shape index (κ3) is 1.94. The maximum atomic E-state index is 13.0. The smallest absolute Gasteiger partial charge is 0.253 e. The molecular formula is C9H17F2N. The van der Waals surface area contributed by atoms with Crippen molar-refractivity contribution in [2.45, 2.75) is 39.2 Å². The quantitative estimate of drug-likeness (QED) is 0.594. The highest BCUT2D eigenvalue weighted by atomic mass is 19.3. The van der Waals surface area contributed by atoms with Gasteiger partial charge in [-0.25, -0.2) is 8.78 Å². The molecule has 1 atom stereocenters. The Morgan fingerprint density at radius 1 is 1.42 bits per heavy atom. The summed E-state index contributed by atoms with van der Waals surface area (Å²) >= 11 is 0. The number of piperidine rings is 1. The first-order valence-corrected chi connectivity index (χ1v) is 4.55. The van der Waals surface area contributed by atoms with Gasteiger partial charge in [-0.2, -0.15) is 0 Å². The largest absolute Gasteiger partial charge is 0.300 e. The molecule has 1 fully saturated rings. The zero-order valence-electron chi connectivity index (χ0n) is 7.98. The van der Waals surface area contributed by atoms with Gasteiger partial charge in [0.1, 0.15) is 0 Å². The van der Waals surface area contributed by atoms with Crippen molar-refractivity contribution in [2.75, 3.05) is 13.1 Å². The van der Waals surface area contributed by atoms with Gasteiger partial charge in [0.05, 0.1) is 0 Å². The van der Waals surface area contributed by atoms with Crippen LogP contribution in [0.4, 0.5) is 8.78 Å². The number of hydrogen-bond acceptors (Lipinski definition) is 1. The van der Waals surface area contributed by atoms with Crippen LogP contribution in [0.25, 0.3) is 0 Å². The molecule has 0 bridgehead atoms. The number of alkyl halides is 2. The first kappa shape index (κ1) is 9.90. The van der Waals surface area contributed by atoms with Gasteiger partial charge in [-0.15, -0.1) is 0 Å². The highest BCUT2D eigenvalue weighted by molar-refractivity contribution is 4.84. The first-order chi connectivity index (χ1) is 5.43. The summed E-state index contributed by atoms with van der Waals surface area (Å²) in [6.07, 6.45) is 0.0202. The van der Waals surface area contributed by atoms with Crippen LogP contribution >= 0.6 is 0 Å². The summed E-state index contributed by atoms with van der Waals surface area (Å²) in [5, 5.41) is 0. The molecular weight excluding hydrogens is 160 g/mol. The van der Waals surface area contributed by atoms with Crippen LogP contribution in [0.5, 0.6) is 0 Å². The number of likely N-dealkylation sites (tertiary alicyclic amines) is 1. The highest BCUT2D eigenvalue weighted by Crippen LogP contribution is 2.33. The fourth-order valence-electron chi connectivity index (χ4n) is 1.58. The third-order valence-corrected chi connectivity index (χ3v) is 2.69. The van der Waals surface area contributed by atoms with Crippen molar-refractivity contribution in [3.8, 4) is 0 Å². The lowest BCUT2D eigenvalue weighted by Gasteiger charge is -2.38. The standard InChI is InChI=1S/C9H17F2N/c1-7(2)12-5-4-9(10,11)8(3)6-12/h7-8H,4-6H2,1-3H3/t8-/m0/s1. The van der Waals surface area contributed by atoms with Gasteiger partial charge >= 0.3 is 0 Å². The van der Waals surface area contributed by atoms with Gasteiger partial charge < -0.3 is 4.90 Å². The van der Waals surface area contributed by atoms with Crippen molar-refractivity contribution in [1.29, 1.82) is 0 Å². The van der Waals surface area contributed by atoms with Gasteiger partial charge in [0.25, 0.3) is 5.92 Å². The minimum atomic E-state index is -2.44. The van der Waals surface area contributed by atoms with E-state index in [1.165, 1.54) is 0 Å². The summed E-state index contributed by atoms with van der Waals surface area (Å²) in [6.45, 7) is 6.81. The lowest BCUT2D eigenvalue weighted by atomic mass is 9.95. The van der Waals surface area contributed by atoms with Gasteiger partial charge in [-0.05, 0) is 13.8 Å². The van der Waals surface area contributed by atoms with Crippen molar-refractivity contribution in [1.82, 2.24) is 4.90 Å². The minimum absolute atomic E-state index is 0.0202. The van der Waals surface area contributed by atoms with Crippen LogP contribution in [0.15, 0.2) is 0 Å². The van der Waals surface area contributed by atoms with E-state index in [2.05, 4.69) is 18.7 Å². The molecule has 12 heavy (non-hydrogen) atoms. The third-order valence-electron chi connectivity index (χ3n) is 2.69. The molecule has 0 N–H and O–H groups in total. The van der Waals surface area contributed by atoms with Crippen molar-refractivity contribution in [2.24, 2.45) is 5.92 Å². The van der Waals surface area contributed by atoms with Crippen LogP contribution in [0, 0.1) is 5.92 Å². The molecule has 72 valence electrons. The number of halogens is 2. The average molecular weight is 177 g/mol. The molecule has 3 heteroatoms. The molecule has 1 aliphatic rings. The van der Waals surface area contributed by atoms with Crippen molar-refractivity contribution < 1.29 is 8.78 Å². The molecule has 1 heterocycles. The van der Waals surface area contributed by atoms with Gasteiger partial charge in [0.2, 0.25) is 0 Å². The summed E-state index contributed by atoms with van der Waals surface area (Å²) in [6, 6.07) is 0.392. The van der Waals surface area contributed by atoms with E-state index in [-0.39, 0.29) is 6.42 Å². The van der Waals surface area contributed by atoms with Crippen LogP contribution in [-0.4, -0.2) is 30.0 Å². The molecule has 0 aromatic rings. The van der Waals surface area contributed by atoms with E-state index in [1.807, 2.05) is 0 Å². The molecule has 1 rings (SSSR count). The Hall–Kier alpha value is -0.180. The Bertz CT molecular complexity index is 157. The monoisotopic (exact) mass is 177 g/mol. The number of nitrogens with zero attached hydrogens (tertiary/aromatic N) is 1. The van der Waals surface area contributed by atoms with Crippen LogP contribution in [-0.2, 0) is 0 Å². The number of rotatable bonds is 1. The molecule has 0 spiro atoms. The van der Waals surface area contributed by atoms with Crippen LogP contribution in [0.2, 0.25) is 0 Å². The topological polar surface area (TPSA) is 3.24 Å². The summed E-state index contributed by atoms with van der Waals surface area (Å²) in [7, 11) is 0. The molecule has 0 aromatic carbocycles. The van der Waals surface area contributed by atoms with Gasteiger partial charge in [0.15, 0.2) is 0 Å². The molecule has 1 nitrogen and oxygen atoms in total. The van der Waals surface area contributed by atoms with Gasteiger partial charge in [0, 0.05) is 31.5 Å². The molecule has 0 radical (unpaired) electrons. The van der Waals surface area contributed by atoms with E-state index in [1.54, 1.807) is 6.92 Å². The van der Waals surface area contributed by atoms with Crippen molar-refractivity contribution in [3.63, 3.8) is 0 Å². The van der Waals surface area contributed by atoms with Gasteiger partial charge in [-0.1, -0.05) is 6.92 Å². The second-order valence-electron chi connectivity index (χ2n) is 4.00. The van der Waals surface area contributed by atoms with Crippen LogP contribution in [0.1, 0.15) is 27.2 Å².